The molecule has 1 aromatic heterocycles. The van der Waals surface area contributed by atoms with Gasteiger partial charge in [-0.25, -0.2) is 0 Å². The van der Waals surface area contributed by atoms with Crippen molar-refractivity contribution in [3.05, 3.63) is 11.9 Å². The Morgan fingerprint density at radius 3 is 3.06 bits per heavy atom. The van der Waals surface area contributed by atoms with E-state index in [0.717, 1.165) is 6.54 Å². The van der Waals surface area contributed by atoms with Crippen molar-refractivity contribution in [2.24, 2.45) is 0 Å². The van der Waals surface area contributed by atoms with Crippen molar-refractivity contribution in [1.82, 2.24) is 25.2 Å². The highest BCUT2D eigenvalue weighted by Gasteiger charge is 2.35. The van der Waals surface area contributed by atoms with E-state index in [2.05, 4.69) is 15.4 Å². The molecule has 2 rings (SSSR count). The molecule has 2 unspecified atom stereocenters. The summed E-state index contributed by atoms with van der Waals surface area (Å²) in [5, 5.41) is 19.5. The van der Waals surface area contributed by atoms with Crippen molar-refractivity contribution in [1.29, 1.82) is 0 Å². The molecule has 1 aliphatic heterocycles. The van der Waals surface area contributed by atoms with Gasteiger partial charge in [-0.3, -0.25) is 4.79 Å². The second kappa shape index (κ2) is 4.80. The summed E-state index contributed by atoms with van der Waals surface area (Å²) in [6.07, 6.45) is 1.57. The maximum absolute atomic E-state index is 12.1. The van der Waals surface area contributed by atoms with E-state index in [9.17, 15) is 9.90 Å². The number of hydrogen-bond donors (Lipinski definition) is 2. The summed E-state index contributed by atoms with van der Waals surface area (Å²) in [4.78, 5) is 15.8. The molecule has 2 N–H and O–H groups in total. The van der Waals surface area contributed by atoms with Gasteiger partial charge in [-0.15, -0.1) is 0 Å². The van der Waals surface area contributed by atoms with Gasteiger partial charge in [-0.05, 0) is 20.5 Å². The van der Waals surface area contributed by atoms with Gasteiger partial charge in [-0.1, -0.05) is 0 Å². The van der Waals surface area contributed by atoms with Crippen LogP contribution in [0, 0.1) is 0 Å². The number of carbonyl (C=O) groups is 1. The monoisotopic (exact) mass is 239 g/mol. The lowest BCUT2D eigenvalue weighted by atomic mass is 10.2. The van der Waals surface area contributed by atoms with Gasteiger partial charge in [0.2, 0.25) is 0 Å². The van der Waals surface area contributed by atoms with Gasteiger partial charge in [0.1, 0.15) is 0 Å². The lowest BCUT2D eigenvalue weighted by Crippen LogP contribution is -2.41. The van der Waals surface area contributed by atoms with Crippen molar-refractivity contribution < 1.29 is 9.90 Å². The number of rotatable bonds is 3. The molecule has 7 heteroatoms. The van der Waals surface area contributed by atoms with Crippen LogP contribution >= 0.6 is 0 Å². The highest BCUT2D eigenvalue weighted by molar-refractivity contribution is 5.92. The van der Waals surface area contributed by atoms with Crippen LogP contribution in [0.4, 0.5) is 0 Å². The molecule has 1 saturated heterocycles. The minimum Gasteiger partial charge on any atom is -0.391 e. The number of carbonyl (C=O) groups excluding carboxylic acids is 1. The molecule has 0 radical (unpaired) electrons. The topological polar surface area (TPSA) is 85.4 Å². The maximum atomic E-state index is 12.1. The minimum atomic E-state index is -0.448. The highest BCUT2D eigenvalue weighted by Crippen LogP contribution is 2.20. The third kappa shape index (κ3) is 2.62. The Morgan fingerprint density at radius 1 is 1.71 bits per heavy atom. The third-order valence-corrected chi connectivity index (χ3v) is 2.86. The van der Waals surface area contributed by atoms with Crippen molar-refractivity contribution in [2.75, 3.05) is 27.2 Å². The Balaban J connectivity index is 2.10. The zero-order valence-electron chi connectivity index (χ0n) is 10.00. The maximum Gasteiger partial charge on any atom is 0.276 e. The van der Waals surface area contributed by atoms with Gasteiger partial charge in [0.25, 0.3) is 5.91 Å². The second-order valence-corrected chi connectivity index (χ2v) is 4.62. The first-order valence-electron chi connectivity index (χ1n) is 5.57. The second-order valence-electron chi connectivity index (χ2n) is 4.62. The largest absolute Gasteiger partial charge is 0.391 e. The summed E-state index contributed by atoms with van der Waals surface area (Å²) in [6, 6.07) is 0.0317. The summed E-state index contributed by atoms with van der Waals surface area (Å²) in [5.74, 6) is -0.179. The van der Waals surface area contributed by atoms with Crippen LogP contribution in [-0.2, 0) is 0 Å². The molecule has 1 fully saturated rings. The van der Waals surface area contributed by atoms with E-state index in [1.54, 1.807) is 4.90 Å². The summed E-state index contributed by atoms with van der Waals surface area (Å²) in [5.41, 5.74) is 0.294. The van der Waals surface area contributed by atoms with Crippen LogP contribution in [0.1, 0.15) is 16.9 Å². The van der Waals surface area contributed by atoms with Crippen LogP contribution in [0.15, 0.2) is 6.20 Å². The predicted molar refractivity (Wildman–Crippen MR) is 60.4 cm³/mol. The normalized spacial score (nSPS) is 24.6. The smallest absolute Gasteiger partial charge is 0.276 e. The Bertz CT molecular complexity index is 378. The quantitative estimate of drug-likeness (QED) is 0.702. The molecule has 7 nitrogen and oxygen atoms in total. The molecule has 1 aliphatic rings. The number of amides is 1. The van der Waals surface area contributed by atoms with Gasteiger partial charge in [0, 0.05) is 19.1 Å². The van der Waals surface area contributed by atoms with Gasteiger partial charge in [0.15, 0.2) is 5.69 Å². The van der Waals surface area contributed by atoms with Crippen LogP contribution in [0.3, 0.4) is 0 Å². The number of nitrogens with one attached hydrogen (secondary N) is 1. The van der Waals surface area contributed by atoms with Crippen molar-refractivity contribution >= 4 is 5.91 Å². The SMILES string of the molecule is CN(C)CC1CC(O)CN1C(=O)c1cn[nH]n1. The lowest BCUT2D eigenvalue weighted by Gasteiger charge is -2.25. The number of aliphatic hydroxyl groups excluding tert-OH is 1. The number of β-amino-alcohol motifs (C(OH)–C–C–N with tert-alkyl or cyclic N) is 1. The van der Waals surface area contributed by atoms with Crippen LogP contribution in [0.2, 0.25) is 0 Å². The third-order valence-electron chi connectivity index (χ3n) is 2.86. The summed E-state index contributed by atoms with van der Waals surface area (Å²) in [6.45, 7) is 1.10. The first-order chi connectivity index (χ1) is 8.08. The molecule has 0 spiro atoms. The fourth-order valence-corrected chi connectivity index (χ4v) is 2.19. The molecule has 1 amide bonds. The molecular formula is C10H17N5O2. The number of hydrogen-bond acceptors (Lipinski definition) is 5. The molecular weight excluding hydrogens is 222 g/mol. The number of aliphatic hydroxyl groups is 1. The van der Waals surface area contributed by atoms with Gasteiger partial charge < -0.3 is 14.9 Å². The molecule has 0 aromatic carbocycles. The fourth-order valence-electron chi connectivity index (χ4n) is 2.19. The van der Waals surface area contributed by atoms with Crippen molar-refractivity contribution in [3.8, 4) is 0 Å². The number of likely N-dealkylation sites (tertiary alicyclic amines) is 1. The zero-order valence-corrected chi connectivity index (χ0v) is 10.00. The van der Waals surface area contributed by atoms with E-state index in [-0.39, 0.29) is 11.9 Å². The Labute approximate surface area is 99.4 Å². The number of nitrogens with zero attached hydrogens (tertiary/aromatic N) is 4. The summed E-state index contributed by atoms with van der Waals surface area (Å²) < 4.78 is 0. The van der Waals surface area contributed by atoms with Crippen LogP contribution in [-0.4, -0.2) is 75.6 Å². The van der Waals surface area contributed by atoms with E-state index in [4.69, 9.17) is 0 Å². The Kier molecular flexibility index (Phi) is 3.39. The standard InChI is InChI=1S/C10H17N5O2/c1-14(2)5-7-3-8(16)6-15(7)10(17)9-4-11-13-12-9/h4,7-8,16H,3,5-6H2,1-2H3,(H,11,12,13). The number of likely N-dealkylation sites (N-methyl/N-ethyl adjacent to an activating group) is 1. The first-order valence-corrected chi connectivity index (χ1v) is 5.57. The van der Waals surface area contributed by atoms with E-state index < -0.39 is 6.10 Å². The van der Waals surface area contributed by atoms with Gasteiger partial charge in [0.05, 0.1) is 12.3 Å². The molecule has 2 atom stereocenters. The Hall–Kier alpha value is -1.47. The highest BCUT2D eigenvalue weighted by atomic mass is 16.3. The molecule has 0 bridgehead atoms. The fraction of sp³-hybridized carbons (Fsp3) is 0.700. The number of aromatic nitrogens is 3. The van der Waals surface area contributed by atoms with E-state index >= 15 is 0 Å². The van der Waals surface area contributed by atoms with E-state index in [1.165, 1.54) is 6.20 Å². The Morgan fingerprint density at radius 2 is 2.47 bits per heavy atom. The predicted octanol–water partition coefficient (Wildman–Crippen LogP) is -1.06. The van der Waals surface area contributed by atoms with Crippen molar-refractivity contribution in [2.45, 2.75) is 18.6 Å². The number of H-pyrrole nitrogens is 1. The minimum absolute atomic E-state index is 0.0317. The zero-order chi connectivity index (χ0) is 12.4. The molecule has 17 heavy (non-hydrogen) atoms. The van der Waals surface area contributed by atoms with Crippen molar-refractivity contribution in [3.63, 3.8) is 0 Å². The average Bonchev–Trinajstić information content (AvgIpc) is 2.85. The molecule has 1 aromatic rings. The lowest BCUT2D eigenvalue weighted by molar-refractivity contribution is 0.0693. The van der Waals surface area contributed by atoms with Crippen LogP contribution in [0.25, 0.3) is 0 Å². The van der Waals surface area contributed by atoms with Crippen LogP contribution < -0.4 is 0 Å². The van der Waals surface area contributed by atoms with Gasteiger partial charge >= 0.3 is 0 Å². The number of aromatic amines is 1. The average molecular weight is 239 g/mol. The summed E-state index contributed by atoms with van der Waals surface area (Å²) in [7, 11) is 3.90. The first kappa shape index (κ1) is 12.0. The molecule has 0 aliphatic carbocycles. The molecule has 94 valence electrons. The van der Waals surface area contributed by atoms with E-state index in [0.29, 0.717) is 18.7 Å². The van der Waals surface area contributed by atoms with E-state index in [1.807, 2.05) is 19.0 Å². The molecule has 2 heterocycles. The molecule has 0 saturated carbocycles. The summed E-state index contributed by atoms with van der Waals surface area (Å²) >= 11 is 0. The van der Waals surface area contributed by atoms with Crippen LogP contribution in [0.5, 0.6) is 0 Å². The van der Waals surface area contributed by atoms with Gasteiger partial charge in [-0.2, -0.15) is 15.4 Å².